The van der Waals surface area contributed by atoms with Crippen molar-refractivity contribution in [3.05, 3.63) is 72.1 Å². The number of carbonyl (C=O) groups excluding carboxylic acids is 2. The zero-order valence-corrected chi connectivity index (χ0v) is 23.1. The van der Waals surface area contributed by atoms with Crippen molar-refractivity contribution in [2.45, 2.75) is 50.6 Å². The van der Waals surface area contributed by atoms with Crippen LogP contribution in [0.4, 0.5) is 9.59 Å². The molecule has 0 saturated carbocycles. The molecular weight excluding hydrogens is 540 g/mol. The lowest BCUT2D eigenvalue weighted by molar-refractivity contribution is -0.123. The molecule has 42 heavy (non-hydrogen) atoms. The first-order valence-electron chi connectivity index (χ1n) is 14.0. The molecule has 4 rings (SSSR count). The number of unbranched alkanes of at least 4 members (excludes halogenated alkanes) is 3. The normalized spacial score (nSPS) is 12.7. The Morgan fingerprint density at radius 1 is 0.619 bits per heavy atom. The highest BCUT2D eigenvalue weighted by molar-refractivity contribution is 5.95. The summed E-state index contributed by atoms with van der Waals surface area (Å²) in [6, 6.07) is 14.0. The van der Waals surface area contributed by atoms with Crippen molar-refractivity contribution < 1.29 is 29.4 Å². The number of rotatable bonds is 15. The van der Waals surface area contributed by atoms with Gasteiger partial charge in [-0.3, -0.25) is 20.2 Å². The van der Waals surface area contributed by atoms with E-state index in [0.717, 1.165) is 58.6 Å². The third-order valence-electron chi connectivity index (χ3n) is 7.18. The SMILES string of the molecule is O=C(O)NC(=O)C(Cc1c[nH]c2ccccc12)NCCCCCCNC(Cc1c[nH]c2ccccc12)C(=O)NC(=O)O. The summed E-state index contributed by atoms with van der Waals surface area (Å²) in [5.74, 6) is -1.20. The lowest BCUT2D eigenvalue weighted by Gasteiger charge is -2.18. The summed E-state index contributed by atoms with van der Waals surface area (Å²) in [6.45, 7) is 1.05. The average Bonchev–Trinajstić information content (AvgIpc) is 3.56. The van der Waals surface area contributed by atoms with Gasteiger partial charge < -0.3 is 30.8 Å². The molecule has 0 aliphatic heterocycles. The molecule has 8 N–H and O–H groups in total. The second-order valence-corrected chi connectivity index (χ2v) is 10.1. The Labute approximate surface area is 242 Å². The predicted octanol–water partition coefficient (Wildman–Crippen LogP) is 3.50. The summed E-state index contributed by atoms with van der Waals surface area (Å²) < 4.78 is 0. The molecule has 222 valence electrons. The molecular formula is C30H36N6O6. The van der Waals surface area contributed by atoms with Crippen LogP contribution < -0.4 is 21.3 Å². The number of aromatic amines is 2. The zero-order chi connectivity index (χ0) is 29.9. The zero-order valence-electron chi connectivity index (χ0n) is 23.1. The minimum absolute atomic E-state index is 0.337. The summed E-state index contributed by atoms with van der Waals surface area (Å²) in [7, 11) is 0. The summed E-state index contributed by atoms with van der Waals surface area (Å²) >= 11 is 0. The average molecular weight is 577 g/mol. The van der Waals surface area contributed by atoms with Crippen molar-refractivity contribution in [2.75, 3.05) is 13.1 Å². The topological polar surface area (TPSA) is 188 Å². The van der Waals surface area contributed by atoms with Crippen molar-refractivity contribution in [3.63, 3.8) is 0 Å². The van der Waals surface area contributed by atoms with Crippen LogP contribution in [0.3, 0.4) is 0 Å². The number of carbonyl (C=O) groups is 4. The summed E-state index contributed by atoms with van der Waals surface area (Å²) in [5, 5.41) is 30.3. The molecule has 12 nitrogen and oxygen atoms in total. The maximum absolute atomic E-state index is 12.5. The molecule has 2 aromatic carbocycles. The molecule has 0 fully saturated rings. The minimum atomic E-state index is -1.39. The smallest absolute Gasteiger partial charge is 0.411 e. The molecule has 4 amide bonds. The van der Waals surface area contributed by atoms with Crippen LogP contribution in [0, 0.1) is 0 Å². The first-order chi connectivity index (χ1) is 20.3. The summed E-state index contributed by atoms with van der Waals surface area (Å²) in [4.78, 5) is 53.6. The minimum Gasteiger partial charge on any atom is -0.465 e. The van der Waals surface area contributed by atoms with E-state index in [-0.39, 0.29) is 0 Å². The van der Waals surface area contributed by atoms with Crippen LogP contribution in [0.2, 0.25) is 0 Å². The van der Waals surface area contributed by atoms with E-state index < -0.39 is 36.1 Å². The Balaban J connectivity index is 1.22. The van der Waals surface area contributed by atoms with Crippen LogP contribution in [0.15, 0.2) is 60.9 Å². The van der Waals surface area contributed by atoms with Gasteiger partial charge in [-0.15, -0.1) is 0 Å². The molecule has 0 radical (unpaired) electrons. The fraction of sp³-hybridized carbons (Fsp3) is 0.333. The van der Waals surface area contributed by atoms with Crippen LogP contribution in [0.1, 0.15) is 36.8 Å². The Kier molecular flexibility index (Phi) is 10.7. The first kappa shape index (κ1) is 30.3. The number of aromatic nitrogens is 2. The second-order valence-electron chi connectivity index (χ2n) is 10.1. The number of hydrogen-bond acceptors (Lipinski definition) is 6. The highest BCUT2D eigenvalue weighted by Gasteiger charge is 2.23. The fourth-order valence-electron chi connectivity index (χ4n) is 5.10. The Hall–Kier alpha value is -4.68. The number of fused-ring (bicyclic) bond motifs is 2. The van der Waals surface area contributed by atoms with Gasteiger partial charge in [-0.25, -0.2) is 9.59 Å². The van der Waals surface area contributed by atoms with E-state index in [0.29, 0.717) is 25.9 Å². The van der Waals surface area contributed by atoms with E-state index in [2.05, 4.69) is 20.6 Å². The lowest BCUT2D eigenvalue weighted by Crippen LogP contribution is -2.47. The molecule has 2 aromatic heterocycles. The molecule has 2 heterocycles. The van der Waals surface area contributed by atoms with E-state index in [1.165, 1.54) is 0 Å². The third kappa shape index (κ3) is 8.41. The maximum atomic E-state index is 12.5. The van der Waals surface area contributed by atoms with E-state index in [9.17, 15) is 19.2 Å². The number of amides is 4. The van der Waals surface area contributed by atoms with Gasteiger partial charge in [0.1, 0.15) is 0 Å². The molecule has 0 spiro atoms. The van der Waals surface area contributed by atoms with E-state index in [1.807, 2.05) is 71.6 Å². The predicted molar refractivity (Wildman–Crippen MR) is 158 cm³/mol. The highest BCUT2D eigenvalue weighted by Crippen LogP contribution is 2.20. The Morgan fingerprint density at radius 3 is 1.43 bits per heavy atom. The lowest BCUT2D eigenvalue weighted by atomic mass is 10.0. The van der Waals surface area contributed by atoms with Crippen molar-refractivity contribution >= 4 is 45.8 Å². The van der Waals surface area contributed by atoms with Crippen molar-refractivity contribution in [1.82, 2.24) is 31.2 Å². The molecule has 0 aliphatic rings. The number of hydrogen-bond donors (Lipinski definition) is 8. The Morgan fingerprint density at radius 2 is 1.02 bits per heavy atom. The van der Waals surface area contributed by atoms with Gasteiger partial charge >= 0.3 is 12.2 Å². The molecule has 4 aromatic rings. The second kappa shape index (κ2) is 14.8. The van der Waals surface area contributed by atoms with E-state index in [1.54, 1.807) is 0 Å². The van der Waals surface area contributed by atoms with Crippen LogP contribution in [-0.4, -0.2) is 69.4 Å². The van der Waals surface area contributed by atoms with Crippen molar-refractivity contribution in [2.24, 2.45) is 0 Å². The number of H-pyrrole nitrogens is 2. The fourth-order valence-corrected chi connectivity index (χ4v) is 5.10. The van der Waals surface area contributed by atoms with Crippen LogP contribution in [-0.2, 0) is 22.4 Å². The monoisotopic (exact) mass is 576 g/mol. The Bertz CT molecular complexity index is 1410. The van der Waals surface area contributed by atoms with Gasteiger partial charge in [0.15, 0.2) is 0 Å². The molecule has 2 atom stereocenters. The summed E-state index contributed by atoms with van der Waals surface area (Å²) in [6.07, 6.45) is 4.80. The van der Waals surface area contributed by atoms with Gasteiger partial charge in [0, 0.05) is 34.2 Å². The largest absolute Gasteiger partial charge is 0.465 e. The van der Waals surface area contributed by atoms with Gasteiger partial charge in [0.2, 0.25) is 11.8 Å². The molecule has 0 aliphatic carbocycles. The molecule has 0 bridgehead atoms. The quantitative estimate of drug-likeness (QED) is 0.0987. The van der Waals surface area contributed by atoms with E-state index >= 15 is 0 Å². The number of para-hydroxylation sites is 2. The standard InChI is InChI=1S/C30H36N6O6/c37-27(35-29(39)40)25(15-19-17-33-23-11-5-3-9-21(19)23)31-13-7-1-2-8-14-32-26(28(38)36-30(41)42)16-20-18-34-24-12-6-4-10-22(20)24/h3-6,9-12,17-18,25-26,31-34H,1-2,7-8,13-16H2,(H,35,37)(H,36,38)(H,39,40)(H,41,42). The third-order valence-corrected chi connectivity index (χ3v) is 7.18. The number of benzene rings is 2. The molecule has 2 unspecified atom stereocenters. The van der Waals surface area contributed by atoms with Gasteiger partial charge in [-0.1, -0.05) is 49.2 Å². The van der Waals surface area contributed by atoms with Crippen LogP contribution >= 0.6 is 0 Å². The highest BCUT2D eigenvalue weighted by atomic mass is 16.4. The maximum Gasteiger partial charge on any atom is 0.411 e. The van der Waals surface area contributed by atoms with Crippen molar-refractivity contribution in [3.8, 4) is 0 Å². The number of carboxylic acid groups (broad SMARTS) is 2. The summed E-state index contributed by atoms with van der Waals surface area (Å²) in [5.41, 5.74) is 3.73. The van der Waals surface area contributed by atoms with E-state index in [4.69, 9.17) is 10.2 Å². The van der Waals surface area contributed by atoms with Gasteiger partial charge in [0.25, 0.3) is 0 Å². The van der Waals surface area contributed by atoms with Crippen molar-refractivity contribution in [1.29, 1.82) is 0 Å². The van der Waals surface area contributed by atoms with Gasteiger partial charge in [0.05, 0.1) is 12.1 Å². The first-order valence-corrected chi connectivity index (χ1v) is 14.0. The number of nitrogens with one attached hydrogen (secondary N) is 6. The van der Waals surface area contributed by atoms with Crippen LogP contribution in [0.5, 0.6) is 0 Å². The van der Waals surface area contributed by atoms with Crippen LogP contribution in [0.25, 0.3) is 21.8 Å². The number of imide groups is 2. The molecule has 12 heteroatoms. The van der Waals surface area contributed by atoms with Gasteiger partial charge in [-0.05, 0) is 62.0 Å². The molecule has 0 saturated heterocycles. The van der Waals surface area contributed by atoms with Gasteiger partial charge in [-0.2, -0.15) is 0 Å².